The fourth-order valence-electron chi connectivity index (χ4n) is 1.15. The van der Waals surface area contributed by atoms with Crippen molar-refractivity contribution in [2.75, 3.05) is 12.3 Å². The third kappa shape index (κ3) is 6.93. The molecule has 0 aromatic heterocycles. The van der Waals surface area contributed by atoms with Gasteiger partial charge in [0.05, 0.1) is 11.7 Å². The minimum absolute atomic E-state index is 0.443. The number of unbranched alkanes of at least 4 members (excludes halogenated alkanes) is 1. The summed E-state index contributed by atoms with van der Waals surface area (Å²) in [5.41, 5.74) is 0. The van der Waals surface area contributed by atoms with Crippen LogP contribution in [0.25, 0.3) is 0 Å². The number of hydrogen-bond acceptors (Lipinski definition) is 4. The SMILES string of the molecule is CCCCNC(=O)CS(=O)(=O)C(C)CC(=O)O. The number of nitrogens with one attached hydrogen (secondary N) is 1. The highest BCUT2D eigenvalue weighted by atomic mass is 32.2. The maximum absolute atomic E-state index is 11.6. The van der Waals surface area contributed by atoms with E-state index in [4.69, 9.17) is 5.11 Å². The van der Waals surface area contributed by atoms with Gasteiger partial charge in [-0.15, -0.1) is 0 Å². The molecule has 100 valence electrons. The Bertz CT molecular complexity index is 363. The number of carbonyl (C=O) groups excluding carboxylic acids is 1. The van der Waals surface area contributed by atoms with Gasteiger partial charge in [-0.05, 0) is 13.3 Å². The fourth-order valence-corrected chi connectivity index (χ4v) is 2.30. The van der Waals surface area contributed by atoms with E-state index >= 15 is 0 Å². The normalized spacial score (nSPS) is 13.1. The number of amides is 1. The molecule has 7 heteroatoms. The lowest BCUT2D eigenvalue weighted by molar-refractivity contribution is -0.137. The molecule has 0 aromatic carbocycles. The van der Waals surface area contributed by atoms with Crippen molar-refractivity contribution in [3.8, 4) is 0 Å². The van der Waals surface area contributed by atoms with E-state index in [2.05, 4.69) is 5.32 Å². The quantitative estimate of drug-likeness (QED) is 0.610. The van der Waals surface area contributed by atoms with Crippen LogP contribution >= 0.6 is 0 Å². The molecule has 0 spiro atoms. The Labute approximate surface area is 101 Å². The predicted octanol–water partition coefficient (Wildman–Crippen LogP) is 0.181. The molecule has 0 saturated heterocycles. The Hall–Kier alpha value is -1.11. The van der Waals surface area contributed by atoms with Crippen molar-refractivity contribution in [3.63, 3.8) is 0 Å². The first-order chi connectivity index (χ1) is 7.79. The summed E-state index contributed by atoms with van der Waals surface area (Å²) in [5, 5.41) is 9.93. The average molecular weight is 265 g/mol. The van der Waals surface area contributed by atoms with Crippen LogP contribution in [0.1, 0.15) is 33.1 Å². The molecule has 0 radical (unpaired) electrons. The van der Waals surface area contributed by atoms with E-state index in [0.717, 1.165) is 12.8 Å². The van der Waals surface area contributed by atoms with E-state index in [1.807, 2.05) is 6.92 Å². The summed E-state index contributed by atoms with van der Waals surface area (Å²) in [6, 6.07) is 0. The van der Waals surface area contributed by atoms with Gasteiger partial charge in [-0.3, -0.25) is 9.59 Å². The van der Waals surface area contributed by atoms with Crippen molar-refractivity contribution in [1.82, 2.24) is 5.32 Å². The molecule has 0 aromatic rings. The number of carboxylic acids is 1. The lowest BCUT2D eigenvalue weighted by Crippen LogP contribution is -2.35. The second kappa shape index (κ2) is 7.26. The van der Waals surface area contributed by atoms with Gasteiger partial charge in [0, 0.05) is 6.54 Å². The maximum Gasteiger partial charge on any atom is 0.304 e. The predicted molar refractivity (Wildman–Crippen MR) is 63.4 cm³/mol. The first-order valence-corrected chi connectivity index (χ1v) is 7.21. The van der Waals surface area contributed by atoms with Crippen LogP contribution in [0.15, 0.2) is 0 Å². The van der Waals surface area contributed by atoms with Crippen LogP contribution < -0.4 is 5.32 Å². The van der Waals surface area contributed by atoms with Gasteiger partial charge >= 0.3 is 5.97 Å². The largest absolute Gasteiger partial charge is 0.481 e. The zero-order valence-corrected chi connectivity index (χ0v) is 10.9. The molecule has 0 aliphatic heterocycles. The van der Waals surface area contributed by atoms with Crippen LogP contribution in [-0.2, 0) is 19.4 Å². The molecule has 1 amide bonds. The van der Waals surface area contributed by atoms with E-state index < -0.39 is 39.1 Å². The molecular formula is C10H19NO5S. The molecule has 1 atom stereocenters. The van der Waals surface area contributed by atoms with E-state index in [0.29, 0.717) is 6.54 Å². The van der Waals surface area contributed by atoms with E-state index in [9.17, 15) is 18.0 Å². The van der Waals surface area contributed by atoms with Crippen molar-refractivity contribution in [2.24, 2.45) is 0 Å². The standard InChI is InChI=1S/C10H19NO5S/c1-3-4-5-11-9(12)7-17(15,16)8(2)6-10(13)14/h8H,3-7H2,1-2H3,(H,11,12)(H,13,14). The number of hydrogen-bond donors (Lipinski definition) is 2. The molecule has 0 aliphatic carbocycles. The fraction of sp³-hybridized carbons (Fsp3) is 0.800. The highest BCUT2D eigenvalue weighted by Gasteiger charge is 2.26. The summed E-state index contributed by atoms with van der Waals surface area (Å²) in [5.74, 6) is -2.41. The van der Waals surface area contributed by atoms with Crippen LogP contribution in [0, 0.1) is 0 Å². The van der Waals surface area contributed by atoms with Gasteiger partial charge in [0.1, 0.15) is 5.75 Å². The molecule has 17 heavy (non-hydrogen) atoms. The molecule has 6 nitrogen and oxygen atoms in total. The van der Waals surface area contributed by atoms with Crippen molar-refractivity contribution in [2.45, 2.75) is 38.4 Å². The van der Waals surface area contributed by atoms with Gasteiger partial charge < -0.3 is 10.4 Å². The molecule has 0 fully saturated rings. The van der Waals surface area contributed by atoms with E-state index in [1.54, 1.807) is 0 Å². The number of sulfone groups is 1. The zero-order chi connectivity index (χ0) is 13.5. The first kappa shape index (κ1) is 15.9. The maximum atomic E-state index is 11.6. The molecule has 0 saturated carbocycles. The van der Waals surface area contributed by atoms with Crippen LogP contribution in [0.3, 0.4) is 0 Å². The van der Waals surface area contributed by atoms with Gasteiger partial charge in [-0.25, -0.2) is 8.42 Å². The van der Waals surface area contributed by atoms with Gasteiger partial charge in [-0.1, -0.05) is 13.3 Å². The van der Waals surface area contributed by atoms with Crippen molar-refractivity contribution >= 4 is 21.7 Å². The van der Waals surface area contributed by atoms with Crippen LogP contribution in [0.4, 0.5) is 0 Å². The van der Waals surface area contributed by atoms with Crippen LogP contribution in [0.2, 0.25) is 0 Å². The molecule has 0 heterocycles. The summed E-state index contributed by atoms with van der Waals surface area (Å²) in [4.78, 5) is 21.7. The molecule has 0 rings (SSSR count). The molecule has 2 N–H and O–H groups in total. The Kier molecular flexibility index (Phi) is 6.79. The summed E-state index contributed by atoms with van der Waals surface area (Å²) in [6.45, 7) is 3.69. The third-order valence-electron chi connectivity index (χ3n) is 2.26. The Balaban J connectivity index is 4.24. The Morgan fingerprint density at radius 2 is 1.94 bits per heavy atom. The van der Waals surface area contributed by atoms with Gasteiger partial charge in [0.25, 0.3) is 0 Å². The Morgan fingerprint density at radius 1 is 1.35 bits per heavy atom. The smallest absolute Gasteiger partial charge is 0.304 e. The first-order valence-electron chi connectivity index (χ1n) is 5.49. The number of aliphatic carboxylic acids is 1. The Morgan fingerprint density at radius 3 is 2.41 bits per heavy atom. The molecule has 0 aliphatic rings. The van der Waals surface area contributed by atoms with Crippen LogP contribution in [0.5, 0.6) is 0 Å². The zero-order valence-electron chi connectivity index (χ0n) is 10.1. The van der Waals surface area contributed by atoms with Crippen molar-refractivity contribution < 1.29 is 23.1 Å². The van der Waals surface area contributed by atoms with Crippen molar-refractivity contribution in [3.05, 3.63) is 0 Å². The lowest BCUT2D eigenvalue weighted by Gasteiger charge is -2.10. The second-order valence-electron chi connectivity index (χ2n) is 3.92. The lowest BCUT2D eigenvalue weighted by atomic mass is 10.3. The minimum atomic E-state index is -3.68. The highest BCUT2D eigenvalue weighted by molar-refractivity contribution is 7.92. The van der Waals surface area contributed by atoms with Crippen LogP contribution in [-0.4, -0.2) is 42.9 Å². The number of carbonyl (C=O) groups is 2. The topological polar surface area (TPSA) is 101 Å². The molecule has 1 unspecified atom stereocenters. The number of rotatable bonds is 8. The minimum Gasteiger partial charge on any atom is -0.481 e. The van der Waals surface area contributed by atoms with E-state index in [-0.39, 0.29) is 0 Å². The summed E-state index contributed by atoms with van der Waals surface area (Å²) in [7, 11) is -3.68. The van der Waals surface area contributed by atoms with Gasteiger partial charge in [0.15, 0.2) is 9.84 Å². The van der Waals surface area contributed by atoms with Crippen molar-refractivity contribution in [1.29, 1.82) is 0 Å². The number of carboxylic acid groups (broad SMARTS) is 1. The summed E-state index contributed by atoms with van der Waals surface area (Å²) >= 11 is 0. The monoisotopic (exact) mass is 265 g/mol. The highest BCUT2D eigenvalue weighted by Crippen LogP contribution is 2.06. The average Bonchev–Trinajstić information content (AvgIpc) is 2.16. The molecule has 0 bridgehead atoms. The second-order valence-corrected chi connectivity index (χ2v) is 6.34. The van der Waals surface area contributed by atoms with Gasteiger partial charge in [-0.2, -0.15) is 0 Å². The summed E-state index contributed by atoms with van der Waals surface area (Å²) in [6.07, 6.45) is 1.21. The van der Waals surface area contributed by atoms with E-state index in [1.165, 1.54) is 6.92 Å². The molecular weight excluding hydrogens is 246 g/mol. The third-order valence-corrected chi connectivity index (χ3v) is 4.32. The summed E-state index contributed by atoms with van der Waals surface area (Å²) < 4.78 is 23.2. The van der Waals surface area contributed by atoms with Gasteiger partial charge in [0.2, 0.25) is 5.91 Å².